The normalized spacial score (nSPS) is 15.1. The molecule has 0 aromatic heterocycles. The smallest absolute Gasteiger partial charge is 0.329 e. The van der Waals surface area contributed by atoms with Crippen LogP contribution in [-0.2, 0) is 19.1 Å². The van der Waals surface area contributed by atoms with Crippen molar-refractivity contribution in [3.05, 3.63) is 23.8 Å². The highest BCUT2D eigenvalue weighted by Crippen LogP contribution is 2.23. The van der Waals surface area contributed by atoms with Crippen LogP contribution in [0, 0.1) is 11.8 Å². The van der Waals surface area contributed by atoms with Gasteiger partial charge in [0.1, 0.15) is 17.5 Å². The first kappa shape index (κ1) is 25.0. The van der Waals surface area contributed by atoms with Gasteiger partial charge in [0.2, 0.25) is 5.91 Å². The first-order valence-corrected chi connectivity index (χ1v) is 10.4. The molecule has 3 N–H and O–H groups in total. The molecule has 0 bridgehead atoms. The lowest BCUT2D eigenvalue weighted by Gasteiger charge is -2.30. The Morgan fingerprint density at radius 3 is 2.09 bits per heavy atom. The number of rotatable bonds is 9. The second-order valence-electron chi connectivity index (χ2n) is 7.96. The van der Waals surface area contributed by atoms with Gasteiger partial charge in [-0.25, -0.2) is 4.79 Å². The Labute approximate surface area is 187 Å². The Hall–Kier alpha value is -3.30. The number of nitrogens with zero attached hydrogens (tertiary/aromatic N) is 1. The zero-order valence-electron chi connectivity index (χ0n) is 18.9. The summed E-state index contributed by atoms with van der Waals surface area (Å²) in [6.07, 6.45) is 0.980. The number of hydrogen-bond acceptors (Lipinski definition) is 7. The van der Waals surface area contributed by atoms with Gasteiger partial charge in [-0.2, -0.15) is 0 Å². The van der Waals surface area contributed by atoms with Gasteiger partial charge >= 0.3 is 5.97 Å². The third-order valence-corrected chi connectivity index (χ3v) is 5.41. The molecule has 32 heavy (non-hydrogen) atoms. The maximum Gasteiger partial charge on any atom is 0.329 e. The van der Waals surface area contributed by atoms with E-state index in [1.54, 1.807) is 19.9 Å². The van der Waals surface area contributed by atoms with Crippen molar-refractivity contribution in [3.8, 4) is 11.5 Å². The fraction of sp³-hybridized carbons (Fsp3) is 0.545. The number of amides is 3. The maximum atomic E-state index is 12.7. The average molecular weight is 450 g/mol. The fourth-order valence-corrected chi connectivity index (χ4v) is 3.39. The third-order valence-electron chi connectivity index (χ3n) is 5.41. The molecule has 1 aliphatic heterocycles. The molecule has 0 unspecified atom stereocenters. The second kappa shape index (κ2) is 11.4. The molecule has 1 saturated heterocycles. The zero-order chi connectivity index (χ0) is 23.8. The van der Waals surface area contributed by atoms with Crippen LogP contribution in [0.1, 0.15) is 37.0 Å². The quantitative estimate of drug-likeness (QED) is 0.530. The first-order chi connectivity index (χ1) is 15.2. The number of piperidine rings is 1. The number of hydrogen-bond donors (Lipinski definition) is 2. The Balaban J connectivity index is 1.96. The van der Waals surface area contributed by atoms with Crippen LogP contribution in [-0.4, -0.2) is 68.5 Å². The molecule has 0 radical (unpaired) electrons. The standard InChI is InChI=1S/C22H31N3O7/c1-13(2)19(24-21(28)15-9-16(30-3)11-17(10-15)31-4)22(29)32-12-18(26)25-7-5-14(6-8-25)20(23)27/h9-11,13-14,19H,5-8,12H2,1-4H3,(H2,23,27)(H,24,28)/t19-/m0/s1. The summed E-state index contributed by atoms with van der Waals surface area (Å²) in [5.74, 6) is -1.58. The van der Waals surface area contributed by atoms with Crippen molar-refractivity contribution in [2.24, 2.45) is 17.6 Å². The van der Waals surface area contributed by atoms with E-state index in [2.05, 4.69) is 5.32 Å². The summed E-state index contributed by atoms with van der Waals surface area (Å²) in [6.45, 7) is 3.84. The van der Waals surface area contributed by atoms with Gasteiger partial charge in [-0.05, 0) is 30.9 Å². The molecule has 10 nitrogen and oxygen atoms in total. The third kappa shape index (κ3) is 6.60. The molecule has 0 spiro atoms. The van der Waals surface area contributed by atoms with E-state index >= 15 is 0 Å². The molecule has 1 atom stereocenters. The Kier molecular flexibility index (Phi) is 8.86. The summed E-state index contributed by atoms with van der Waals surface area (Å²) in [7, 11) is 2.94. The SMILES string of the molecule is COc1cc(OC)cc(C(=O)N[C@H](C(=O)OCC(=O)N2CCC(C(N)=O)CC2)C(C)C)c1. The molecular weight excluding hydrogens is 418 g/mol. The second-order valence-corrected chi connectivity index (χ2v) is 7.96. The molecule has 0 saturated carbocycles. The number of esters is 1. The predicted molar refractivity (Wildman–Crippen MR) is 115 cm³/mol. The number of carbonyl (C=O) groups is 4. The average Bonchev–Trinajstić information content (AvgIpc) is 2.79. The van der Waals surface area contributed by atoms with E-state index in [9.17, 15) is 19.2 Å². The molecule has 2 rings (SSSR count). The molecule has 1 heterocycles. The lowest BCUT2D eigenvalue weighted by Crippen LogP contribution is -2.47. The van der Waals surface area contributed by atoms with Crippen molar-refractivity contribution < 1.29 is 33.4 Å². The number of primary amides is 1. The van der Waals surface area contributed by atoms with Crippen molar-refractivity contribution >= 4 is 23.7 Å². The molecule has 1 aromatic carbocycles. The largest absolute Gasteiger partial charge is 0.497 e. The number of nitrogens with one attached hydrogen (secondary N) is 1. The maximum absolute atomic E-state index is 12.7. The molecule has 1 aliphatic rings. The minimum Gasteiger partial charge on any atom is -0.497 e. The molecule has 10 heteroatoms. The van der Waals surface area contributed by atoms with Crippen molar-refractivity contribution in [2.75, 3.05) is 33.9 Å². The van der Waals surface area contributed by atoms with E-state index in [0.717, 1.165) is 0 Å². The van der Waals surface area contributed by atoms with E-state index in [0.29, 0.717) is 37.4 Å². The minimum atomic E-state index is -0.951. The van der Waals surface area contributed by atoms with E-state index in [1.165, 1.54) is 31.3 Å². The lowest BCUT2D eigenvalue weighted by molar-refractivity contribution is -0.155. The summed E-state index contributed by atoms with van der Waals surface area (Å²) < 4.78 is 15.5. The predicted octanol–water partition coefficient (Wildman–Crippen LogP) is 0.725. The number of likely N-dealkylation sites (tertiary alicyclic amines) is 1. The van der Waals surface area contributed by atoms with Crippen LogP contribution in [0.2, 0.25) is 0 Å². The van der Waals surface area contributed by atoms with Gasteiger partial charge in [-0.15, -0.1) is 0 Å². The minimum absolute atomic E-state index is 0.239. The summed E-state index contributed by atoms with van der Waals surface area (Å²) in [4.78, 5) is 50.5. The number of nitrogens with two attached hydrogens (primary N) is 1. The summed E-state index contributed by atoms with van der Waals surface area (Å²) in [5.41, 5.74) is 5.56. The molecule has 3 amide bonds. The van der Waals surface area contributed by atoms with E-state index in [-0.39, 0.29) is 29.2 Å². The first-order valence-electron chi connectivity index (χ1n) is 10.4. The van der Waals surface area contributed by atoms with Gasteiger partial charge in [0, 0.05) is 30.6 Å². The van der Waals surface area contributed by atoms with Crippen molar-refractivity contribution in [3.63, 3.8) is 0 Å². The van der Waals surface area contributed by atoms with Crippen LogP contribution < -0.4 is 20.5 Å². The van der Waals surface area contributed by atoms with Gasteiger partial charge in [-0.3, -0.25) is 14.4 Å². The van der Waals surface area contributed by atoms with Gasteiger partial charge in [0.05, 0.1) is 14.2 Å². The zero-order valence-corrected chi connectivity index (χ0v) is 18.9. The van der Waals surface area contributed by atoms with Crippen LogP contribution in [0.25, 0.3) is 0 Å². The number of benzene rings is 1. The lowest BCUT2D eigenvalue weighted by atomic mass is 9.96. The van der Waals surface area contributed by atoms with E-state index in [1.807, 2.05) is 0 Å². The highest BCUT2D eigenvalue weighted by molar-refractivity contribution is 5.97. The number of methoxy groups -OCH3 is 2. The van der Waals surface area contributed by atoms with Gasteiger partial charge in [0.25, 0.3) is 11.8 Å². The number of carbonyl (C=O) groups excluding carboxylic acids is 4. The van der Waals surface area contributed by atoms with Crippen LogP contribution in [0.4, 0.5) is 0 Å². The highest BCUT2D eigenvalue weighted by Gasteiger charge is 2.29. The fourth-order valence-electron chi connectivity index (χ4n) is 3.39. The van der Waals surface area contributed by atoms with Gasteiger partial charge < -0.3 is 30.2 Å². The molecule has 176 valence electrons. The Morgan fingerprint density at radius 2 is 1.62 bits per heavy atom. The van der Waals surface area contributed by atoms with Crippen LogP contribution >= 0.6 is 0 Å². The Morgan fingerprint density at radius 1 is 1.06 bits per heavy atom. The highest BCUT2D eigenvalue weighted by atomic mass is 16.5. The Bertz CT molecular complexity index is 826. The van der Waals surface area contributed by atoms with Crippen molar-refractivity contribution in [1.29, 1.82) is 0 Å². The van der Waals surface area contributed by atoms with Crippen molar-refractivity contribution in [1.82, 2.24) is 10.2 Å². The van der Waals surface area contributed by atoms with Crippen molar-refractivity contribution in [2.45, 2.75) is 32.7 Å². The van der Waals surface area contributed by atoms with E-state index < -0.39 is 24.5 Å². The monoisotopic (exact) mass is 449 g/mol. The summed E-state index contributed by atoms with van der Waals surface area (Å²) in [6, 6.07) is 3.73. The van der Waals surface area contributed by atoms with E-state index in [4.69, 9.17) is 19.9 Å². The van der Waals surface area contributed by atoms with Crippen LogP contribution in [0.3, 0.4) is 0 Å². The van der Waals surface area contributed by atoms with Gasteiger partial charge in [0.15, 0.2) is 6.61 Å². The molecule has 1 aromatic rings. The molecule has 1 fully saturated rings. The van der Waals surface area contributed by atoms with Gasteiger partial charge in [-0.1, -0.05) is 13.8 Å². The summed E-state index contributed by atoms with van der Waals surface area (Å²) >= 11 is 0. The topological polar surface area (TPSA) is 137 Å². The van der Waals surface area contributed by atoms with Crippen LogP contribution in [0.5, 0.6) is 11.5 Å². The molecule has 0 aliphatic carbocycles. The molecular formula is C22H31N3O7. The summed E-state index contributed by atoms with van der Waals surface area (Å²) in [5, 5.41) is 2.66. The number of ether oxygens (including phenoxy) is 3. The van der Waals surface area contributed by atoms with Crippen LogP contribution in [0.15, 0.2) is 18.2 Å².